The number of benzene rings is 1. The summed E-state index contributed by atoms with van der Waals surface area (Å²) in [7, 11) is 1.92. The molecule has 0 aliphatic rings. The van der Waals surface area contributed by atoms with Gasteiger partial charge < -0.3 is 15.8 Å². The summed E-state index contributed by atoms with van der Waals surface area (Å²) >= 11 is 1.52. The lowest BCUT2D eigenvalue weighted by Crippen LogP contribution is -2.09. The van der Waals surface area contributed by atoms with Gasteiger partial charge in [0.05, 0.1) is 0 Å². The van der Waals surface area contributed by atoms with Crippen LogP contribution in [0.4, 0.5) is 0 Å². The van der Waals surface area contributed by atoms with Crippen LogP contribution in [0.5, 0.6) is 5.75 Å². The highest BCUT2D eigenvalue weighted by Gasteiger charge is 1.96. The SMILES string of the molecule is CCS/C(N)=N/COc1cccc(CNC)c1. The van der Waals surface area contributed by atoms with Gasteiger partial charge in [0.2, 0.25) is 0 Å². The number of ether oxygens (including phenoxy) is 1. The third-order valence-corrected chi connectivity index (χ3v) is 2.74. The fraction of sp³-hybridized carbons (Fsp3) is 0.417. The molecule has 0 bridgehead atoms. The van der Waals surface area contributed by atoms with Crippen molar-refractivity contribution in [2.45, 2.75) is 13.5 Å². The molecule has 1 aromatic rings. The monoisotopic (exact) mass is 253 g/mol. The Kier molecular flexibility index (Phi) is 6.50. The Morgan fingerprint density at radius 1 is 1.53 bits per heavy atom. The predicted molar refractivity (Wildman–Crippen MR) is 74.5 cm³/mol. The molecule has 17 heavy (non-hydrogen) atoms. The van der Waals surface area contributed by atoms with E-state index in [1.54, 1.807) is 0 Å². The van der Waals surface area contributed by atoms with Crippen molar-refractivity contribution < 1.29 is 4.74 Å². The minimum absolute atomic E-state index is 0.266. The Morgan fingerprint density at radius 3 is 3.06 bits per heavy atom. The molecule has 0 saturated heterocycles. The van der Waals surface area contributed by atoms with Crippen molar-refractivity contribution in [2.75, 3.05) is 19.5 Å². The van der Waals surface area contributed by atoms with E-state index in [2.05, 4.69) is 10.3 Å². The van der Waals surface area contributed by atoms with Crippen LogP contribution in [-0.2, 0) is 6.54 Å². The standard InChI is InChI=1S/C12H19N3OS/c1-3-17-12(13)15-9-16-11-6-4-5-10(7-11)8-14-2/h4-7,14H,3,8-9H2,1-2H3,(H2,13,15). The van der Waals surface area contributed by atoms with Crippen LogP contribution in [-0.4, -0.2) is 24.7 Å². The third-order valence-electron chi connectivity index (χ3n) is 2.02. The second-order valence-corrected chi connectivity index (χ2v) is 4.66. The zero-order valence-corrected chi connectivity index (χ0v) is 11.1. The smallest absolute Gasteiger partial charge is 0.181 e. The van der Waals surface area contributed by atoms with Crippen LogP contribution >= 0.6 is 11.8 Å². The molecule has 0 fully saturated rings. The number of hydrogen-bond donors (Lipinski definition) is 2. The molecule has 0 aliphatic carbocycles. The Hall–Kier alpha value is -1.20. The quantitative estimate of drug-likeness (QED) is 0.599. The zero-order chi connectivity index (χ0) is 12.5. The van der Waals surface area contributed by atoms with Gasteiger partial charge in [-0.3, -0.25) is 0 Å². The zero-order valence-electron chi connectivity index (χ0n) is 10.3. The maximum Gasteiger partial charge on any atom is 0.181 e. The summed E-state index contributed by atoms with van der Waals surface area (Å²) in [5, 5.41) is 3.66. The number of nitrogens with one attached hydrogen (secondary N) is 1. The molecule has 5 heteroatoms. The summed E-state index contributed by atoms with van der Waals surface area (Å²) in [5.74, 6) is 1.74. The normalized spacial score (nSPS) is 11.5. The molecule has 1 aromatic carbocycles. The van der Waals surface area contributed by atoms with Gasteiger partial charge in [-0.25, -0.2) is 4.99 Å². The van der Waals surface area contributed by atoms with Gasteiger partial charge in [-0.05, 0) is 30.5 Å². The molecule has 4 nitrogen and oxygen atoms in total. The summed E-state index contributed by atoms with van der Waals surface area (Å²) in [5.41, 5.74) is 6.83. The molecule has 1 rings (SSSR count). The Morgan fingerprint density at radius 2 is 2.35 bits per heavy atom. The van der Waals surface area contributed by atoms with E-state index in [1.165, 1.54) is 17.3 Å². The van der Waals surface area contributed by atoms with Crippen LogP contribution in [0.25, 0.3) is 0 Å². The molecule has 0 radical (unpaired) electrons. The largest absolute Gasteiger partial charge is 0.471 e. The van der Waals surface area contributed by atoms with Gasteiger partial charge in [0.15, 0.2) is 11.9 Å². The summed E-state index contributed by atoms with van der Waals surface area (Å²) in [6.45, 7) is 3.13. The topological polar surface area (TPSA) is 59.6 Å². The summed E-state index contributed by atoms with van der Waals surface area (Å²) < 4.78 is 5.50. The van der Waals surface area contributed by atoms with Crippen LogP contribution in [0, 0.1) is 0 Å². The Balaban J connectivity index is 2.46. The highest BCUT2D eigenvalue weighted by atomic mass is 32.2. The minimum atomic E-state index is 0.266. The maximum atomic E-state index is 5.65. The second kappa shape index (κ2) is 7.97. The van der Waals surface area contributed by atoms with Gasteiger partial charge in [-0.1, -0.05) is 30.8 Å². The van der Waals surface area contributed by atoms with Gasteiger partial charge in [0.1, 0.15) is 5.75 Å². The number of rotatable bonds is 6. The van der Waals surface area contributed by atoms with Crippen molar-refractivity contribution >= 4 is 16.9 Å². The van der Waals surface area contributed by atoms with Crippen molar-refractivity contribution in [1.29, 1.82) is 0 Å². The predicted octanol–water partition coefficient (Wildman–Crippen LogP) is 1.81. The number of amidine groups is 1. The van der Waals surface area contributed by atoms with E-state index in [0.29, 0.717) is 5.17 Å². The first-order valence-electron chi connectivity index (χ1n) is 5.55. The maximum absolute atomic E-state index is 5.65. The van der Waals surface area contributed by atoms with Gasteiger partial charge >= 0.3 is 0 Å². The molecule has 0 aliphatic heterocycles. The molecule has 0 aromatic heterocycles. The first kappa shape index (κ1) is 13.9. The van der Waals surface area contributed by atoms with Crippen LogP contribution < -0.4 is 15.8 Å². The van der Waals surface area contributed by atoms with Gasteiger partial charge in [-0.2, -0.15) is 0 Å². The van der Waals surface area contributed by atoms with E-state index >= 15 is 0 Å². The summed E-state index contributed by atoms with van der Waals surface area (Å²) in [4.78, 5) is 4.10. The third kappa shape index (κ3) is 5.60. The molecule has 0 atom stereocenters. The van der Waals surface area contributed by atoms with E-state index in [1.807, 2.05) is 38.2 Å². The van der Waals surface area contributed by atoms with Gasteiger partial charge in [0.25, 0.3) is 0 Å². The molecule has 3 N–H and O–H groups in total. The molecule has 0 spiro atoms. The number of thioether (sulfide) groups is 1. The molecular weight excluding hydrogens is 234 g/mol. The Labute approximate surface area is 107 Å². The van der Waals surface area contributed by atoms with Crippen molar-refractivity contribution in [3.8, 4) is 5.75 Å². The first-order valence-corrected chi connectivity index (χ1v) is 6.54. The molecule has 94 valence electrons. The first-order chi connectivity index (χ1) is 8.26. The molecule has 0 heterocycles. The highest BCUT2D eigenvalue weighted by molar-refractivity contribution is 8.13. The average Bonchev–Trinajstić information content (AvgIpc) is 2.30. The fourth-order valence-electron chi connectivity index (χ4n) is 1.31. The van der Waals surface area contributed by atoms with Crippen molar-refractivity contribution in [1.82, 2.24) is 5.32 Å². The fourth-order valence-corrected chi connectivity index (χ4v) is 1.75. The number of hydrogen-bond acceptors (Lipinski definition) is 4. The molecule has 0 unspecified atom stereocenters. The number of aliphatic imine (C=N–C) groups is 1. The minimum Gasteiger partial charge on any atom is -0.471 e. The summed E-state index contributed by atoms with van der Waals surface area (Å²) in [6.07, 6.45) is 0. The lowest BCUT2D eigenvalue weighted by atomic mass is 10.2. The van der Waals surface area contributed by atoms with Crippen molar-refractivity contribution in [3.05, 3.63) is 29.8 Å². The molecular formula is C12H19N3OS. The average molecular weight is 253 g/mol. The lowest BCUT2D eigenvalue weighted by Gasteiger charge is -2.06. The van der Waals surface area contributed by atoms with Gasteiger partial charge in [0, 0.05) is 6.54 Å². The lowest BCUT2D eigenvalue weighted by molar-refractivity contribution is 0.331. The number of nitrogens with zero attached hydrogens (tertiary/aromatic N) is 1. The molecule has 0 saturated carbocycles. The van der Waals surface area contributed by atoms with E-state index in [0.717, 1.165) is 18.0 Å². The van der Waals surface area contributed by atoms with Crippen LogP contribution in [0.3, 0.4) is 0 Å². The van der Waals surface area contributed by atoms with E-state index < -0.39 is 0 Å². The Bertz CT molecular complexity index is 369. The van der Waals surface area contributed by atoms with E-state index in [9.17, 15) is 0 Å². The van der Waals surface area contributed by atoms with Crippen LogP contribution in [0.15, 0.2) is 29.3 Å². The van der Waals surface area contributed by atoms with Gasteiger partial charge in [-0.15, -0.1) is 0 Å². The second-order valence-electron chi connectivity index (χ2n) is 3.38. The highest BCUT2D eigenvalue weighted by Crippen LogP contribution is 2.13. The summed E-state index contributed by atoms with van der Waals surface area (Å²) in [6, 6.07) is 7.93. The van der Waals surface area contributed by atoms with E-state index in [4.69, 9.17) is 10.5 Å². The van der Waals surface area contributed by atoms with Crippen molar-refractivity contribution in [3.63, 3.8) is 0 Å². The molecule has 0 amide bonds. The van der Waals surface area contributed by atoms with E-state index in [-0.39, 0.29) is 6.73 Å². The van der Waals surface area contributed by atoms with Crippen molar-refractivity contribution in [2.24, 2.45) is 10.7 Å². The van der Waals surface area contributed by atoms with Crippen LogP contribution in [0.1, 0.15) is 12.5 Å². The number of nitrogens with two attached hydrogens (primary N) is 1. The van der Waals surface area contributed by atoms with Crippen LogP contribution in [0.2, 0.25) is 0 Å².